The number of halogens is 1. The molecule has 152 valence electrons. The summed E-state index contributed by atoms with van der Waals surface area (Å²) in [5.41, 5.74) is 0.955. The van der Waals surface area contributed by atoms with Gasteiger partial charge in [0.05, 0.1) is 12.7 Å². The number of hydrogen-bond acceptors (Lipinski definition) is 3. The van der Waals surface area contributed by atoms with Crippen LogP contribution < -0.4 is 15.4 Å². The lowest BCUT2D eigenvalue weighted by molar-refractivity contribution is -0.0835. The third-order valence-electron chi connectivity index (χ3n) is 4.81. The largest absolute Gasteiger partial charge is 0.491 e. The van der Waals surface area contributed by atoms with Crippen molar-refractivity contribution in [2.75, 3.05) is 26.8 Å². The van der Waals surface area contributed by atoms with Gasteiger partial charge in [-0.3, -0.25) is 4.99 Å². The molecule has 0 radical (unpaired) electrons. The summed E-state index contributed by atoms with van der Waals surface area (Å²) in [6.45, 7) is 11.1. The maximum Gasteiger partial charge on any atom is 0.191 e. The molecule has 1 fully saturated rings. The van der Waals surface area contributed by atoms with E-state index in [0.717, 1.165) is 31.6 Å². The average molecular weight is 380 g/mol. The lowest BCUT2D eigenvalue weighted by Gasteiger charge is -2.40. The number of guanidine groups is 1. The molecule has 2 rings (SSSR count). The molecule has 2 N–H and O–H groups in total. The van der Waals surface area contributed by atoms with Crippen molar-refractivity contribution >= 4 is 5.96 Å². The summed E-state index contributed by atoms with van der Waals surface area (Å²) >= 11 is 0. The topological polar surface area (TPSA) is 54.9 Å². The van der Waals surface area contributed by atoms with Crippen molar-refractivity contribution in [1.82, 2.24) is 10.6 Å². The van der Waals surface area contributed by atoms with Crippen molar-refractivity contribution in [3.8, 4) is 5.75 Å². The Morgan fingerprint density at radius 3 is 2.74 bits per heavy atom. The average Bonchev–Trinajstić information content (AvgIpc) is 2.63. The Labute approximate surface area is 162 Å². The highest BCUT2D eigenvalue weighted by molar-refractivity contribution is 5.79. The molecule has 0 saturated carbocycles. The highest BCUT2D eigenvalue weighted by Crippen LogP contribution is 2.33. The fraction of sp³-hybridized carbons (Fsp3) is 0.667. The molecule has 1 heterocycles. The second-order valence-electron chi connectivity index (χ2n) is 8.06. The molecular formula is C21H34FN3O2. The first-order chi connectivity index (χ1) is 12.8. The van der Waals surface area contributed by atoms with E-state index in [4.69, 9.17) is 9.47 Å². The minimum Gasteiger partial charge on any atom is -0.491 e. The molecule has 6 heteroatoms. The van der Waals surface area contributed by atoms with Crippen molar-refractivity contribution in [1.29, 1.82) is 0 Å². The molecule has 1 saturated heterocycles. The first-order valence-corrected chi connectivity index (χ1v) is 9.82. The van der Waals surface area contributed by atoms with Crippen molar-refractivity contribution in [3.05, 3.63) is 29.6 Å². The Balaban J connectivity index is 1.88. The molecule has 1 aliphatic rings. The number of aliphatic imine (C=N–C) groups is 1. The standard InChI is InChI=1S/C21H34FN3O2/c1-6-26-18-10-9-15(12-17(18)22)13-24-20(23-5)25-14-16-8-7-11-27-19(16)21(2,3)4/h9-10,12,16,19H,6-8,11,13-14H2,1-5H3,(H2,23,24,25). The molecule has 27 heavy (non-hydrogen) atoms. The van der Waals surface area contributed by atoms with Gasteiger partial charge in [-0.1, -0.05) is 26.8 Å². The predicted molar refractivity (Wildman–Crippen MR) is 108 cm³/mol. The van der Waals surface area contributed by atoms with Crippen LogP contribution in [0.1, 0.15) is 46.1 Å². The molecule has 1 aromatic rings. The van der Waals surface area contributed by atoms with Gasteiger partial charge in [0, 0.05) is 32.7 Å². The van der Waals surface area contributed by atoms with E-state index in [-0.39, 0.29) is 23.1 Å². The van der Waals surface area contributed by atoms with Crippen LogP contribution in [0, 0.1) is 17.2 Å². The zero-order valence-corrected chi connectivity index (χ0v) is 17.3. The maximum absolute atomic E-state index is 14.0. The van der Waals surface area contributed by atoms with Crippen molar-refractivity contribution in [2.24, 2.45) is 16.3 Å². The van der Waals surface area contributed by atoms with E-state index in [9.17, 15) is 4.39 Å². The molecule has 0 amide bonds. The summed E-state index contributed by atoms with van der Waals surface area (Å²) in [5.74, 6) is 1.10. The smallest absolute Gasteiger partial charge is 0.191 e. The van der Waals surface area contributed by atoms with Crippen LogP contribution in [0.15, 0.2) is 23.2 Å². The third-order valence-corrected chi connectivity index (χ3v) is 4.81. The Morgan fingerprint density at radius 1 is 1.33 bits per heavy atom. The number of rotatable bonds is 6. The normalized spacial score (nSPS) is 21.0. The van der Waals surface area contributed by atoms with Gasteiger partial charge < -0.3 is 20.1 Å². The second-order valence-corrected chi connectivity index (χ2v) is 8.06. The van der Waals surface area contributed by atoms with Crippen LogP contribution >= 0.6 is 0 Å². The zero-order valence-electron chi connectivity index (χ0n) is 17.3. The summed E-state index contributed by atoms with van der Waals surface area (Å²) in [5, 5.41) is 6.65. The molecular weight excluding hydrogens is 345 g/mol. The number of ether oxygens (including phenoxy) is 2. The summed E-state index contributed by atoms with van der Waals surface area (Å²) in [6.07, 6.45) is 2.48. The van der Waals surface area contributed by atoms with Crippen LogP contribution in [0.25, 0.3) is 0 Å². The number of nitrogens with zero attached hydrogens (tertiary/aromatic N) is 1. The Morgan fingerprint density at radius 2 is 2.11 bits per heavy atom. The van der Waals surface area contributed by atoms with Crippen molar-refractivity contribution in [2.45, 2.75) is 53.2 Å². The number of nitrogens with one attached hydrogen (secondary N) is 2. The minimum absolute atomic E-state index is 0.115. The summed E-state index contributed by atoms with van der Waals surface area (Å²) < 4.78 is 25.3. The first-order valence-electron chi connectivity index (χ1n) is 9.82. The molecule has 2 atom stereocenters. The number of hydrogen-bond donors (Lipinski definition) is 2. The van der Waals surface area contributed by atoms with Crippen LogP contribution in [0.5, 0.6) is 5.75 Å². The van der Waals surface area contributed by atoms with Crippen LogP contribution in [-0.4, -0.2) is 38.9 Å². The fourth-order valence-electron chi connectivity index (χ4n) is 3.57. The zero-order chi connectivity index (χ0) is 19.9. The van der Waals surface area contributed by atoms with Crippen molar-refractivity contribution < 1.29 is 13.9 Å². The highest BCUT2D eigenvalue weighted by Gasteiger charge is 2.35. The van der Waals surface area contributed by atoms with Crippen LogP contribution in [-0.2, 0) is 11.3 Å². The van der Waals surface area contributed by atoms with Gasteiger partial charge in [0.25, 0.3) is 0 Å². The third kappa shape index (κ3) is 6.38. The van der Waals surface area contributed by atoms with Crippen LogP contribution in [0.2, 0.25) is 0 Å². The minimum atomic E-state index is -0.341. The lowest BCUT2D eigenvalue weighted by Crippen LogP contribution is -2.47. The summed E-state index contributed by atoms with van der Waals surface area (Å²) in [7, 11) is 1.74. The molecule has 1 aliphatic heterocycles. The molecule has 0 spiro atoms. The number of benzene rings is 1. The van der Waals surface area contributed by atoms with Gasteiger partial charge in [-0.15, -0.1) is 0 Å². The summed E-state index contributed by atoms with van der Waals surface area (Å²) in [4.78, 5) is 4.28. The van der Waals surface area contributed by atoms with Gasteiger partial charge >= 0.3 is 0 Å². The molecule has 1 aromatic carbocycles. The van der Waals surface area contributed by atoms with Gasteiger partial charge in [-0.2, -0.15) is 0 Å². The SMILES string of the molecule is CCOc1ccc(CNC(=NC)NCC2CCCOC2C(C)(C)C)cc1F. The maximum atomic E-state index is 14.0. The highest BCUT2D eigenvalue weighted by atomic mass is 19.1. The van der Waals surface area contributed by atoms with Gasteiger partial charge in [0.15, 0.2) is 17.5 Å². The molecule has 5 nitrogen and oxygen atoms in total. The van der Waals surface area contributed by atoms with Crippen LogP contribution in [0.3, 0.4) is 0 Å². The van der Waals surface area contributed by atoms with Gasteiger partial charge in [0.2, 0.25) is 0 Å². The molecule has 0 bridgehead atoms. The van der Waals surface area contributed by atoms with E-state index in [1.165, 1.54) is 6.07 Å². The lowest BCUT2D eigenvalue weighted by atomic mass is 9.78. The second kappa shape index (κ2) is 9.93. The van der Waals surface area contributed by atoms with Gasteiger partial charge in [-0.05, 0) is 42.9 Å². The Bertz CT molecular complexity index is 628. The van der Waals surface area contributed by atoms with E-state index < -0.39 is 0 Å². The van der Waals surface area contributed by atoms with Crippen LogP contribution in [0.4, 0.5) is 4.39 Å². The van der Waals surface area contributed by atoms with Gasteiger partial charge in [0.1, 0.15) is 0 Å². The predicted octanol–water partition coefficient (Wildman–Crippen LogP) is 3.73. The first kappa shape index (κ1) is 21.5. The van der Waals surface area contributed by atoms with E-state index in [1.54, 1.807) is 13.1 Å². The van der Waals surface area contributed by atoms with E-state index in [1.807, 2.05) is 13.0 Å². The summed E-state index contributed by atoms with van der Waals surface area (Å²) in [6, 6.07) is 5.02. The van der Waals surface area contributed by atoms with E-state index in [2.05, 4.69) is 36.4 Å². The van der Waals surface area contributed by atoms with Crippen molar-refractivity contribution in [3.63, 3.8) is 0 Å². The molecule has 0 aliphatic carbocycles. The molecule has 2 unspecified atom stereocenters. The molecule has 0 aromatic heterocycles. The fourth-order valence-corrected chi connectivity index (χ4v) is 3.57. The Kier molecular flexibility index (Phi) is 7.90. The van der Waals surface area contributed by atoms with E-state index in [0.29, 0.717) is 25.0 Å². The quantitative estimate of drug-likeness (QED) is 0.584. The van der Waals surface area contributed by atoms with Gasteiger partial charge in [-0.25, -0.2) is 4.39 Å². The Hall–Kier alpha value is -1.82. The van der Waals surface area contributed by atoms with E-state index >= 15 is 0 Å². The monoisotopic (exact) mass is 379 g/mol.